The lowest BCUT2D eigenvalue weighted by Gasteiger charge is -2.10. The molecule has 0 saturated carbocycles. The number of methoxy groups -OCH3 is 1. The molecule has 0 N–H and O–H groups in total. The van der Waals surface area contributed by atoms with Crippen LogP contribution < -0.4 is 4.74 Å². The molecule has 0 fully saturated rings. The maximum Gasteiger partial charge on any atom is 0.343 e. The summed E-state index contributed by atoms with van der Waals surface area (Å²) >= 11 is 6.09. The molecule has 0 amide bonds. The predicted octanol–water partition coefficient (Wildman–Crippen LogP) is 3.06. The fraction of sp³-hybridized carbons (Fsp3) is 0.286. The lowest BCUT2D eigenvalue weighted by Crippen LogP contribution is -2.12. The van der Waals surface area contributed by atoms with Gasteiger partial charge in [-0.3, -0.25) is 4.98 Å². The first-order chi connectivity index (χ1) is 9.01. The molecule has 0 aliphatic carbocycles. The highest BCUT2D eigenvalue weighted by atomic mass is 35.5. The number of aryl methyl sites for hydroxylation is 2. The van der Waals surface area contributed by atoms with Gasteiger partial charge in [0.2, 0.25) is 0 Å². The topological polar surface area (TPSA) is 48.4 Å². The van der Waals surface area contributed by atoms with Crippen molar-refractivity contribution < 1.29 is 14.3 Å². The number of ether oxygens (including phenoxy) is 2. The van der Waals surface area contributed by atoms with Gasteiger partial charge >= 0.3 is 5.97 Å². The zero-order chi connectivity index (χ0) is 14.0. The first-order valence-electron chi connectivity index (χ1n) is 5.78. The normalized spacial score (nSPS) is 10.5. The number of nitrogens with zero attached hydrogens (tertiary/aromatic N) is 1. The largest absolute Gasteiger partial charge is 0.481 e. The zero-order valence-electron chi connectivity index (χ0n) is 11.0. The van der Waals surface area contributed by atoms with Crippen molar-refractivity contribution in [3.8, 4) is 5.75 Å². The van der Waals surface area contributed by atoms with E-state index in [4.69, 9.17) is 16.3 Å². The van der Waals surface area contributed by atoms with Crippen LogP contribution >= 0.6 is 11.6 Å². The molecule has 2 rings (SSSR count). The Kier molecular flexibility index (Phi) is 3.90. The minimum atomic E-state index is -0.423. The van der Waals surface area contributed by atoms with Crippen LogP contribution in [0.2, 0.25) is 5.02 Å². The van der Waals surface area contributed by atoms with Crippen molar-refractivity contribution in [1.82, 2.24) is 4.98 Å². The number of hydrogen-bond donors (Lipinski definition) is 0. The molecule has 0 aliphatic rings. The smallest absolute Gasteiger partial charge is 0.343 e. The summed E-state index contributed by atoms with van der Waals surface area (Å²) in [7, 11) is 1.32. The molecule has 0 unspecified atom stereocenters. The van der Waals surface area contributed by atoms with Gasteiger partial charge in [0.1, 0.15) is 5.75 Å². The maximum absolute atomic E-state index is 11.1. The van der Waals surface area contributed by atoms with E-state index in [0.717, 1.165) is 22.2 Å². The molecule has 5 heteroatoms. The Bertz CT molecular complexity index is 640. The van der Waals surface area contributed by atoms with Crippen molar-refractivity contribution in [2.45, 2.75) is 13.8 Å². The van der Waals surface area contributed by atoms with E-state index < -0.39 is 5.97 Å². The minimum Gasteiger partial charge on any atom is -0.481 e. The van der Waals surface area contributed by atoms with E-state index in [0.29, 0.717) is 10.8 Å². The molecule has 0 spiro atoms. The van der Waals surface area contributed by atoms with E-state index in [9.17, 15) is 4.79 Å². The highest BCUT2D eigenvalue weighted by Gasteiger charge is 2.10. The lowest BCUT2D eigenvalue weighted by atomic mass is 10.1. The molecular weight excluding hydrogens is 266 g/mol. The van der Waals surface area contributed by atoms with Gasteiger partial charge in [-0.25, -0.2) is 4.79 Å². The number of hydrogen-bond acceptors (Lipinski definition) is 4. The third-order valence-corrected chi connectivity index (χ3v) is 3.16. The number of benzene rings is 1. The second-order valence-corrected chi connectivity index (χ2v) is 4.65. The Balaban J connectivity index is 2.47. The zero-order valence-corrected chi connectivity index (χ0v) is 11.7. The van der Waals surface area contributed by atoms with E-state index in [1.165, 1.54) is 7.11 Å². The minimum absolute atomic E-state index is 0.128. The molecule has 19 heavy (non-hydrogen) atoms. The number of pyridine rings is 1. The molecule has 1 aromatic carbocycles. The van der Waals surface area contributed by atoms with Gasteiger partial charge in [0.05, 0.1) is 12.6 Å². The van der Waals surface area contributed by atoms with Crippen LogP contribution in [-0.2, 0) is 9.53 Å². The van der Waals surface area contributed by atoms with Crippen molar-refractivity contribution in [2.75, 3.05) is 13.7 Å². The maximum atomic E-state index is 11.1. The number of carbonyl (C=O) groups excluding carboxylic acids is 1. The van der Waals surface area contributed by atoms with Gasteiger partial charge in [0.25, 0.3) is 0 Å². The molecule has 0 saturated heterocycles. The van der Waals surface area contributed by atoms with Gasteiger partial charge in [-0.05, 0) is 31.5 Å². The van der Waals surface area contributed by atoms with Crippen LogP contribution in [0, 0.1) is 13.8 Å². The second kappa shape index (κ2) is 5.45. The summed E-state index contributed by atoms with van der Waals surface area (Å²) in [6, 6.07) is 5.49. The summed E-state index contributed by atoms with van der Waals surface area (Å²) in [6.45, 7) is 3.64. The number of aromatic nitrogens is 1. The van der Waals surface area contributed by atoms with Crippen LogP contribution in [0.1, 0.15) is 11.3 Å². The molecule has 0 bridgehead atoms. The molecular formula is C14H14ClNO3. The van der Waals surface area contributed by atoms with Crippen LogP contribution in [0.25, 0.3) is 10.9 Å². The van der Waals surface area contributed by atoms with Crippen LogP contribution in [0.5, 0.6) is 5.75 Å². The highest BCUT2D eigenvalue weighted by molar-refractivity contribution is 6.32. The summed E-state index contributed by atoms with van der Waals surface area (Å²) in [4.78, 5) is 15.5. The Labute approximate surface area is 116 Å². The van der Waals surface area contributed by atoms with Gasteiger partial charge < -0.3 is 9.47 Å². The van der Waals surface area contributed by atoms with E-state index >= 15 is 0 Å². The van der Waals surface area contributed by atoms with E-state index in [1.807, 2.05) is 19.9 Å². The summed E-state index contributed by atoms with van der Waals surface area (Å²) < 4.78 is 10.0. The van der Waals surface area contributed by atoms with Crippen molar-refractivity contribution in [2.24, 2.45) is 0 Å². The number of carbonyl (C=O) groups is 1. The molecule has 100 valence electrons. The van der Waals surface area contributed by atoms with Gasteiger partial charge in [0, 0.05) is 22.2 Å². The SMILES string of the molecule is COC(=O)COc1cc(C)nc2cc(Cl)c(C)cc12. The third kappa shape index (κ3) is 2.96. The molecule has 1 aromatic heterocycles. The second-order valence-electron chi connectivity index (χ2n) is 4.25. The van der Waals surface area contributed by atoms with E-state index in [1.54, 1.807) is 12.1 Å². The Morgan fingerprint density at radius 3 is 2.74 bits per heavy atom. The summed E-state index contributed by atoms with van der Waals surface area (Å²) in [5.41, 5.74) is 2.48. The van der Waals surface area contributed by atoms with Crippen LogP contribution in [-0.4, -0.2) is 24.7 Å². The van der Waals surface area contributed by atoms with E-state index in [-0.39, 0.29) is 6.61 Å². The Morgan fingerprint density at radius 2 is 2.05 bits per heavy atom. The average molecular weight is 280 g/mol. The number of esters is 1. The fourth-order valence-electron chi connectivity index (χ4n) is 1.77. The Morgan fingerprint density at radius 1 is 1.32 bits per heavy atom. The number of rotatable bonds is 3. The predicted molar refractivity (Wildman–Crippen MR) is 73.7 cm³/mol. The molecule has 0 atom stereocenters. The summed E-state index contributed by atoms with van der Waals surface area (Å²) in [6.07, 6.45) is 0. The summed E-state index contributed by atoms with van der Waals surface area (Å²) in [5.74, 6) is 0.181. The van der Waals surface area contributed by atoms with Crippen molar-refractivity contribution in [3.63, 3.8) is 0 Å². The average Bonchev–Trinajstić information content (AvgIpc) is 2.37. The fourth-order valence-corrected chi connectivity index (χ4v) is 1.92. The van der Waals surface area contributed by atoms with Crippen molar-refractivity contribution in [1.29, 1.82) is 0 Å². The monoisotopic (exact) mass is 279 g/mol. The first kappa shape index (κ1) is 13.6. The molecule has 0 radical (unpaired) electrons. The van der Waals surface area contributed by atoms with Crippen LogP contribution in [0.3, 0.4) is 0 Å². The van der Waals surface area contributed by atoms with Gasteiger partial charge in [-0.1, -0.05) is 11.6 Å². The van der Waals surface area contributed by atoms with Gasteiger partial charge in [-0.2, -0.15) is 0 Å². The molecule has 1 heterocycles. The standard InChI is InChI=1S/C14H14ClNO3/c1-8-4-10-12(6-11(8)15)16-9(2)5-13(10)19-7-14(17)18-3/h4-6H,7H2,1-3H3. The molecule has 0 aliphatic heterocycles. The quantitative estimate of drug-likeness (QED) is 0.810. The summed E-state index contributed by atoms with van der Waals surface area (Å²) in [5, 5.41) is 1.49. The molecule has 2 aromatic rings. The lowest BCUT2D eigenvalue weighted by molar-refractivity contribution is -0.142. The Hall–Kier alpha value is -1.81. The molecule has 4 nitrogen and oxygen atoms in total. The number of fused-ring (bicyclic) bond motifs is 1. The van der Waals surface area contributed by atoms with Crippen LogP contribution in [0.4, 0.5) is 0 Å². The van der Waals surface area contributed by atoms with E-state index in [2.05, 4.69) is 9.72 Å². The first-order valence-corrected chi connectivity index (χ1v) is 6.16. The number of halogens is 1. The third-order valence-electron chi connectivity index (χ3n) is 2.75. The van der Waals surface area contributed by atoms with Gasteiger partial charge in [-0.15, -0.1) is 0 Å². The highest BCUT2D eigenvalue weighted by Crippen LogP contribution is 2.30. The van der Waals surface area contributed by atoms with Gasteiger partial charge in [0.15, 0.2) is 6.61 Å². The van der Waals surface area contributed by atoms with Crippen LogP contribution in [0.15, 0.2) is 18.2 Å². The van der Waals surface area contributed by atoms with Crippen molar-refractivity contribution in [3.05, 3.63) is 34.5 Å². The van der Waals surface area contributed by atoms with Crippen molar-refractivity contribution >= 4 is 28.5 Å².